The zero-order valence-corrected chi connectivity index (χ0v) is 19.1. The van der Waals surface area contributed by atoms with E-state index in [4.69, 9.17) is 4.42 Å². The summed E-state index contributed by atoms with van der Waals surface area (Å²) < 4.78 is 10.2. The normalized spacial score (nSPS) is 11.8. The number of benzene rings is 4. The van der Waals surface area contributed by atoms with Gasteiger partial charge in [-0.05, 0) is 66.4 Å². The van der Waals surface area contributed by atoms with Crippen LogP contribution in [0, 0.1) is 6.92 Å². The highest BCUT2D eigenvalue weighted by molar-refractivity contribution is 6.09. The molecule has 0 unspecified atom stereocenters. The fraction of sp³-hybridized carbons (Fsp3) is 0.0645. The third kappa shape index (κ3) is 2.61. The quantitative estimate of drug-likeness (QED) is 0.256. The molecule has 0 atom stereocenters. The molecule has 0 aliphatic heterocycles. The van der Waals surface area contributed by atoms with Crippen molar-refractivity contribution in [2.45, 2.75) is 6.92 Å². The molecule has 3 heterocycles. The van der Waals surface area contributed by atoms with E-state index in [1.165, 1.54) is 55.1 Å². The second kappa shape index (κ2) is 7.06. The van der Waals surface area contributed by atoms with Crippen LogP contribution in [0.4, 0.5) is 0 Å². The second-order valence-corrected chi connectivity index (χ2v) is 8.99. The summed E-state index contributed by atoms with van der Waals surface area (Å²) in [7, 11) is 2.12. The molecule has 0 spiro atoms. The fourth-order valence-electron chi connectivity index (χ4n) is 5.48. The Morgan fingerprint density at radius 3 is 2.21 bits per heavy atom. The second-order valence-electron chi connectivity index (χ2n) is 8.99. The molecule has 7 rings (SSSR count). The number of fused-ring (bicyclic) bond motifs is 5. The van der Waals surface area contributed by atoms with Gasteiger partial charge in [-0.15, -0.1) is 0 Å². The van der Waals surface area contributed by atoms with Crippen molar-refractivity contribution in [2.24, 2.45) is 7.05 Å². The fourth-order valence-corrected chi connectivity index (χ4v) is 5.48. The van der Waals surface area contributed by atoms with E-state index < -0.39 is 0 Å². The highest BCUT2D eigenvalue weighted by Gasteiger charge is 2.20. The number of hydrogen-bond acceptors (Lipinski definition) is 1. The number of pyridine rings is 1. The molecule has 0 aliphatic carbocycles. The Morgan fingerprint density at radius 2 is 1.44 bits per heavy atom. The summed E-state index contributed by atoms with van der Waals surface area (Å²) in [6, 6.07) is 32.6. The Hall–Kier alpha value is -4.37. The highest BCUT2D eigenvalue weighted by atomic mass is 16.3. The molecular weight excluding hydrogens is 416 g/mol. The SMILES string of the molecule is Cc1c(-c2c3ccc(-n4c5ccccc5c5ccccc54)cc3cc[n+]2C)ccc2occc12. The van der Waals surface area contributed by atoms with E-state index in [0.29, 0.717) is 0 Å². The monoisotopic (exact) mass is 439 g/mol. The lowest BCUT2D eigenvalue weighted by Gasteiger charge is -2.12. The van der Waals surface area contributed by atoms with Crippen LogP contribution in [0.15, 0.2) is 108 Å². The molecule has 3 nitrogen and oxygen atoms in total. The van der Waals surface area contributed by atoms with Gasteiger partial charge in [-0.2, -0.15) is 0 Å². The molecule has 0 saturated carbocycles. The number of rotatable bonds is 2. The standard InChI is InChI=1S/C31H23N2O/c1-20-23-16-18-34-30(23)14-13-24(20)31-25-12-11-22(19-21(25)15-17-32(31)2)33-28-9-5-3-7-26(28)27-8-4-6-10-29(27)33/h3-19H,1-2H3/q+1. The van der Waals surface area contributed by atoms with Crippen LogP contribution in [0.1, 0.15) is 5.56 Å². The van der Waals surface area contributed by atoms with Crippen molar-refractivity contribution >= 4 is 43.5 Å². The van der Waals surface area contributed by atoms with Gasteiger partial charge in [0, 0.05) is 27.9 Å². The molecule has 0 aliphatic rings. The number of hydrogen-bond donors (Lipinski definition) is 0. The van der Waals surface area contributed by atoms with Crippen LogP contribution in [0.5, 0.6) is 0 Å². The minimum absolute atomic E-state index is 0.929. The van der Waals surface area contributed by atoms with Crippen molar-refractivity contribution in [1.82, 2.24) is 4.57 Å². The van der Waals surface area contributed by atoms with Gasteiger partial charge in [0.2, 0.25) is 5.69 Å². The van der Waals surface area contributed by atoms with Crippen molar-refractivity contribution in [3.05, 3.63) is 109 Å². The largest absolute Gasteiger partial charge is 0.464 e. The van der Waals surface area contributed by atoms with E-state index in [-0.39, 0.29) is 0 Å². The number of aromatic nitrogens is 2. The Bertz CT molecular complexity index is 1830. The summed E-state index contributed by atoms with van der Waals surface area (Å²) in [6.07, 6.45) is 3.93. The Morgan fingerprint density at radius 1 is 0.706 bits per heavy atom. The van der Waals surface area contributed by atoms with Crippen LogP contribution in [-0.4, -0.2) is 4.57 Å². The van der Waals surface area contributed by atoms with Crippen LogP contribution in [0.3, 0.4) is 0 Å². The molecule has 0 saturated heterocycles. The molecule has 4 aromatic carbocycles. The summed E-state index contributed by atoms with van der Waals surface area (Å²) in [4.78, 5) is 0. The third-order valence-electron chi connectivity index (χ3n) is 7.12. The Kier molecular flexibility index (Phi) is 3.97. The molecule has 3 heteroatoms. The zero-order valence-electron chi connectivity index (χ0n) is 19.1. The maximum atomic E-state index is 5.63. The molecule has 0 radical (unpaired) electrons. The lowest BCUT2D eigenvalue weighted by atomic mass is 9.97. The summed E-state index contributed by atoms with van der Waals surface area (Å²) >= 11 is 0. The van der Waals surface area contributed by atoms with Gasteiger partial charge in [-0.1, -0.05) is 36.4 Å². The molecule has 0 N–H and O–H groups in total. The Balaban J connectivity index is 1.50. The highest BCUT2D eigenvalue weighted by Crippen LogP contribution is 2.35. The first-order valence-corrected chi connectivity index (χ1v) is 11.6. The predicted molar refractivity (Wildman–Crippen MR) is 139 cm³/mol. The average Bonchev–Trinajstić information content (AvgIpc) is 3.48. The molecule has 7 aromatic rings. The van der Waals surface area contributed by atoms with E-state index in [9.17, 15) is 0 Å². The minimum atomic E-state index is 0.929. The van der Waals surface area contributed by atoms with Gasteiger partial charge in [0.15, 0.2) is 6.20 Å². The lowest BCUT2D eigenvalue weighted by Crippen LogP contribution is -2.30. The maximum absolute atomic E-state index is 5.63. The minimum Gasteiger partial charge on any atom is -0.464 e. The summed E-state index contributed by atoms with van der Waals surface area (Å²) in [5.41, 5.74) is 8.24. The van der Waals surface area contributed by atoms with Crippen molar-refractivity contribution in [1.29, 1.82) is 0 Å². The Labute approximate surface area is 197 Å². The van der Waals surface area contributed by atoms with Gasteiger partial charge >= 0.3 is 0 Å². The van der Waals surface area contributed by atoms with Crippen LogP contribution in [0.25, 0.3) is 60.5 Å². The van der Waals surface area contributed by atoms with Gasteiger partial charge in [0.05, 0.1) is 28.2 Å². The third-order valence-corrected chi connectivity index (χ3v) is 7.12. The number of furan rings is 1. The van der Waals surface area contributed by atoms with Crippen LogP contribution >= 0.6 is 0 Å². The zero-order chi connectivity index (χ0) is 22.8. The van der Waals surface area contributed by atoms with Crippen molar-refractivity contribution < 1.29 is 8.98 Å². The first-order valence-electron chi connectivity index (χ1n) is 11.6. The first kappa shape index (κ1) is 19.1. The number of para-hydroxylation sites is 2. The van der Waals surface area contributed by atoms with Gasteiger partial charge in [-0.3, -0.25) is 0 Å². The number of aryl methyl sites for hydroxylation is 2. The smallest absolute Gasteiger partial charge is 0.220 e. The molecule has 0 amide bonds. The average molecular weight is 440 g/mol. The maximum Gasteiger partial charge on any atom is 0.220 e. The van der Waals surface area contributed by atoms with E-state index in [2.05, 4.69) is 120 Å². The summed E-state index contributed by atoms with van der Waals surface area (Å²) in [5.74, 6) is 0. The molecule has 3 aromatic heterocycles. The van der Waals surface area contributed by atoms with E-state index in [1.54, 1.807) is 6.26 Å². The van der Waals surface area contributed by atoms with E-state index >= 15 is 0 Å². The summed E-state index contributed by atoms with van der Waals surface area (Å²) in [6.45, 7) is 2.18. The van der Waals surface area contributed by atoms with E-state index in [0.717, 1.165) is 11.0 Å². The van der Waals surface area contributed by atoms with Crippen LogP contribution in [-0.2, 0) is 7.05 Å². The van der Waals surface area contributed by atoms with Gasteiger partial charge in [-0.25, -0.2) is 4.57 Å². The van der Waals surface area contributed by atoms with Gasteiger partial charge < -0.3 is 8.98 Å². The van der Waals surface area contributed by atoms with Crippen molar-refractivity contribution in [2.75, 3.05) is 0 Å². The predicted octanol–water partition coefficient (Wildman–Crippen LogP) is 7.48. The topological polar surface area (TPSA) is 21.9 Å². The van der Waals surface area contributed by atoms with Gasteiger partial charge in [0.25, 0.3) is 0 Å². The van der Waals surface area contributed by atoms with Gasteiger partial charge in [0.1, 0.15) is 12.6 Å². The lowest BCUT2D eigenvalue weighted by molar-refractivity contribution is -0.659. The molecule has 34 heavy (non-hydrogen) atoms. The van der Waals surface area contributed by atoms with E-state index in [1.807, 2.05) is 0 Å². The van der Waals surface area contributed by atoms with Crippen molar-refractivity contribution in [3.8, 4) is 16.9 Å². The summed E-state index contributed by atoms with van der Waals surface area (Å²) in [5, 5.41) is 6.18. The molecular formula is C31H23N2O+. The van der Waals surface area contributed by atoms with Crippen LogP contribution < -0.4 is 4.57 Å². The van der Waals surface area contributed by atoms with Crippen molar-refractivity contribution in [3.63, 3.8) is 0 Å². The molecule has 0 fully saturated rings. The molecule has 162 valence electrons. The number of nitrogens with zero attached hydrogens (tertiary/aromatic N) is 2. The van der Waals surface area contributed by atoms with Crippen LogP contribution in [0.2, 0.25) is 0 Å². The first-order chi connectivity index (χ1) is 16.7. The molecule has 0 bridgehead atoms.